The molecule has 2 fully saturated rings. The number of aldehydes is 1. The fourth-order valence-electron chi connectivity index (χ4n) is 3.13. The summed E-state index contributed by atoms with van der Waals surface area (Å²) in [4.78, 5) is 63.6. The molecule has 0 N–H and O–H groups in total. The topological polar surface area (TPSA) is 101 Å². The number of rotatable bonds is 6. The second kappa shape index (κ2) is 8.55. The number of carbonyl (C=O) groups excluding carboxylic acids is 5. The van der Waals surface area contributed by atoms with Crippen molar-refractivity contribution in [3.63, 3.8) is 0 Å². The highest BCUT2D eigenvalue weighted by atomic mass is 16.7. The molecule has 0 spiro atoms. The van der Waals surface area contributed by atoms with Crippen molar-refractivity contribution < 1.29 is 28.8 Å². The van der Waals surface area contributed by atoms with Crippen molar-refractivity contribution in [2.75, 3.05) is 13.6 Å². The molecule has 2 aliphatic rings. The van der Waals surface area contributed by atoms with Gasteiger partial charge < -0.3 is 9.74 Å². The molecule has 25 heavy (non-hydrogen) atoms. The van der Waals surface area contributed by atoms with Crippen LogP contribution in [0.25, 0.3) is 0 Å². The van der Waals surface area contributed by atoms with Gasteiger partial charge in [-0.3, -0.25) is 19.2 Å². The number of hydroxylamine groups is 2. The summed E-state index contributed by atoms with van der Waals surface area (Å²) in [6.07, 6.45) is 5.77. The second-order valence-corrected chi connectivity index (χ2v) is 6.42. The highest BCUT2D eigenvalue weighted by Gasteiger charge is 2.36. The Kier molecular flexibility index (Phi) is 6.44. The zero-order valence-electron chi connectivity index (χ0n) is 14.2. The lowest BCUT2D eigenvalue weighted by molar-refractivity contribution is -0.201. The van der Waals surface area contributed by atoms with Gasteiger partial charge in [-0.1, -0.05) is 0 Å². The van der Waals surface area contributed by atoms with Crippen molar-refractivity contribution in [2.45, 2.75) is 38.5 Å². The summed E-state index contributed by atoms with van der Waals surface area (Å²) < 4.78 is 0. The van der Waals surface area contributed by atoms with Gasteiger partial charge in [0.1, 0.15) is 6.29 Å². The number of carbonyl (C=O) groups is 5. The van der Waals surface area contributed by atoms with Crippen LogP contribution in [0.1, 0.15) is 38.5 Å². The lowest BCUT2D eigenvalue weighted by Crippen LogP contribution is -2.37. The van der Waals surface area contributed by atoms with Crippen LogP contribution in [0.3, 0.4) is 0 Å². The van der Waals surface area contributed by atoms with Gasteiger partial charge in [0.2, 0.25) is 5.91 Å². The van der Waals surface area contributed by atoms with Crippen LogP contribution in [0.4, 0.5) is 0 Å². The highest BCUT2D eigenvalue weighted by molar-refractivity contribution is 6.01. The van der Waals surface area contributed by atoms with Crippen molar-refractivity contribution in [1.29, 1.82) is 0 Å². The van der Waals surface area contributed by atoms with Crippen LogP contribution in [0.2, 0.25) is 0 Å². The maximum atomic E-state index is 12.1. The molecule has 0 aromatic heterocycles. The standard InChI is InChI=1S/C17H22N2O6/c1-18(14(21)3-2-10-20)11-12-4-6-13(7-5-12)17(24)25-19-15(22)8-9-16(19)23/h2-3,10,12-13H,4-9,11H2,1H3/b3-2-. The molecule has 0 bridgehead atoms. The zero-order chi connectivity index (χ0) is 18.4. The molecule has 0 atom stereocenters. The van der Waals surface area contributed by atoms with Crippen molar-refractivity contribution >= 4 is 30.0 Å². The number of nitrogens with zero attached hydrogens (tertiary/aromatic N) is 2. The minimum atomic E-state index is -0.541. The van der Waals surface area contributed by atoms with Crippen LogP contribution >= 0.6 is 0 Å². The largest absolute Gasteiger partial charge is 0.342 e. The Bertz CT molecular complexity index is 576. The first kappa shape index (κ1) is 18.8. The number of allylic oxidation sites excluding steroid dienone is 1. The van der Waals surface area contributed by atoms with Gasteiger partial charge in [0.05, 0.1) is 5.92 Å². The van der Waals surface area contributed by atoms with Crippen molar-refractivity contribution in [2.24, 2.45) is 11.8 Å². The first-order valence-corrected chi connectivity index (χ1v) is 8.37. The number of hydrogen-bond acceptors (Lipinski definition) is 6. The molecule has 2 rings (SSSR count). The first-order chi connectivity index (χ1) is 11.9. The minimum absolute atomic E-state index is 0.0811. The molecule has 0 radical (unpaired) electrons. The number of likely N-dealkylation sites (N-methyl/N-ethyl adjacent to an activating group) is 1. The van der Waals surface area contributed by atoms with Gasteiger partial charge in [0.15, 0.2) is 0 Å². The third kappa shape index (κ3) is 4.98. The van der Waals surface area contributed by atoms with Crippen LogP contribution < -0.4 is 0 Å². The van der Waals surface area contributed by atoms with Gasteiger partial charge in [0.25, 0.3) is 11.8 Å². The van der Waals surface area contributed by atoms with E-state index < -0.39 is 17.8 Å². The Hall–Kier alpha value is -2.51. The monoisotopic (exact) mass is 350 g/mol. The molecule has 3 amide bonds. The quantitative estimate of drug-likeness (QED) is 0.395. The van der Waals surface area contributed by atoms with E-state index in [1.807, 2.05) is 0 Å². The van der Waals surface area contributed by atoms with Gasteiger partial charge in [-0.2, -0.15) is 0 Å². The maximum absolute atomic E-state index is 12.1. The molecule has 1 saturated heterocycles. The predicted molar refractivity (Wildman–Crippen MR) is 85.5 cm³/mol. The van der Waals surface area contributed by atoms with Crippen LogP contribution in [-0.2, 0) is 28.8 Å². The van der Waals surface area contributed by atoms with Crippen molar-refractivity contribution in [3.05, 3.63) is 12.2 Å². The molecule has 0 aromatic rings. The van der Waals surface area contributed by atoms with E-state index in [-0.39, 0.29) is 30.6 Å². The third-order valence-corrected chi connectivity index (χ3v) is 4.59. The van der Waals surface area contributed by atoms with E-state index in [1.54, 1.807) is 11.9 Å². The molecule has 136 valence electrons. The van der Waals surface area contributed by atoms with E-state index >= 15 is 0 Å². The summed E-state index contributed by atoms with van der Waals surface area (Å²) >= 11 is 0. The van der Waals surface area contributed by atoms with Crippen molar-refractivity contribution in [1.82, 2.24) is 9.96 Å². The maximum Gasteiger partial charge on any atom is 0.336 e. The summed E-state index contributed by atoms with van der Waals surface area (Å²) in [5.74, 6) is -1.81. The SMILES string of the molecule is CN(CC1CCC(C(=O)ON2C(=O)CCC2=O)CC1)C(=O)/C=C\C=O. The smallest absolute Gasteiger partial charge is 0.336 e. The number of imide groups is 1. The average Bonchev–Trinajstić information content (AvgIpc) is 2.92. The van der Waals surface area contributed by atoms with E-state index in [1.165, 1.54) is 6.08 Å². The van der Waals surface area contributed by atoms with Crippen LogP contribution in [0.5, 0.6) is 0 Å². The van der Waals surface area contributed by atoms with E-state index in [0.29, 0.717) is 30.7 Å². The van der Waals surface area contributed by atoms with Gasteiger partial charge in [-0.25, -0.2) is 4.79 Å². The Morgan fingerprint density at radius 2 is 1.76 bits per heavy atom. The molecule has 1 saturated carbocycles. The van der Waals surface area contributed by atoms with Crippen LogP contribution in [-0.4, -0.2) is 53.5 Å². The molecular weight excluding hydrogens is 328 g/mol. The van der Waals surface area contributed by atoms with Crippen LogP contribution in [0, 0.1) is 11.8 Å². The molecule has 0 unspecified atom stereocenters. The van der Waals surface area contributed by atoms with Gasteiger partial charge in [0, 0.05) is 32.5 Å². The van der Waals surface area contributed by atoms with E-state index in [2.05, 4.69) is 0 Å². The number of hydrogen-bond donors (Lipinski definition) is 0. The summed E-state index contributed by atoms with van der Waals surface area (Å²) in [7, 11) is 1.67. The van der Waals surface area contributed by atoms with E-state index in [4.69, 9.17) is 4.84 Å². The summed E-state index contributed by atoms with van der Waals surface area (Å²) in [5.41, 5.74) is 0. The Labute approximate surface area is 145 Å². The lowest BCUT2D eigenvalue weighted by Gasteiger charge is -2.30. The minimum Gasteiger partial charge on any atom is -0.342 e. The fourth-order valence-corrected chi connectivity index (χ4v) is 3.13. The van der Waals surface area contributed by atoms with Crippen molar-refractivity contribution in [3.8, 4) is 0 Å². The van der Waals surface area contributed by atoms with Gasteiger partial charge in [-0.15, -0.1) is 5.06 Å². The molecule has 8 nitrogen and oxygen atoms in total. The summed E-state index contributed by atoms with van der Waals surface area (Å²) in [6.45, 7) is 0.549. The molecule has 0 aromatic carbocycles. The van der Waals surface area contributed by atoms with Gasteiger partial charge >= 0.3 is 5.97 Å². The molecule has 1 heterocycles. The Balaban J connectivity index is 1.77. The first-order valence-electron chi connectivity index (χ1n) is 8.37. The fraction of sp³-hybridized carbons (Fsp3) is 0.588. The molecular formula is C17H22N2O6. The predicted octanol–water partition coefficient (Wildman–Crippen LogP) is 0.613. The zero-order valence-corrected chi connectivity index (χ0v) is 14.2. The number of amides is 3. The van der Waals surface area contributed by atoms with E-state index in [0.717, 1.165) is 18.9 Å². The Morgan fingerprint density at radius 1 is 1.16 bits per heavy atom. The van der Waals surface area contributed by atoms with Gasteiger partial charge in [-0.05, 0) is 37.7 Å². The normalized spacial score (nSPS) is 23.8. The third-order valence-electron chi connectivity index (χ3n) is 4.59. The molecule has 8 heteroatoms. The highest BCUT2D eigenvalue weighted by Crippen LogP contribution is 2.30. The average molecular weight is 350 g/mol. The van der Waals surface area contributed by atoms with Crippen LogP contribution in [0.15, 0.2) is 12.2 Å². The van der Waals surface area contributed by atoms with E-state index in [9.17, 15) is 24.0 Å². The summed E-state index contributed by atoms with van der Waals surface area (Å²) in [6, 6.07) is 0. The lowest BCUT2D eigenvalue weighted by atomic mass is 9.82. The second-order valence-electron chi connectivity index (χ2n) is 6.42. The molecule has 1 aliphatic heterocycles. The Morgan fingerprint density at radius 3 is 2.32 bits per heavy atom. The molecule has 1 aliphatic carbocycles. The summed E-state index contributed by atoms with van der Waals surface area (Å²) in [5, 5.41) is 0.584.